The SMILES string of the molecule is Cc1ccc2c(n1)oc1c(-c3cc4c(c[n+]3C)-c3cccc5cccc-4c35)c(C)ccc12. The van der Waals surface area contributed by atoms with Crippen molar-refractivity contribution in [3.63, 3.8) is 0 Å². The molecule has 1 aliphatic rings. The molecule has 0 saturated heterocycles. The van der Waals surface area contributed by atoms with Gasteiger partial charge in [-0.2, -0.15) is 0 Å². The number of aryl methyl sites for hydroxylation is 3. The molecule has 0 bridgehead atoms. The molecule has 7 rings (SSSR count). The largest absolute Gasteiger partial charge is 0.437 e. The van der Waals surface area contributed by atoms with Crippen molar-refractivity contribution < 1.29 is 8.98 Å². The third-order valence-corrected chi connectivity index (χ3v) is 6.87. The summed E-state index contributed by atoms with van der Waals surface area (Å²) in [5, 5.41) is 4.81. The van der Waals surface area contributed by atoms with Crippen LogP contribution in [0.1, 0.15) is 11.3 Å². The fourth-order valence-corrected chi connectivity index (χ4v) is 5.35. The standard InChI is InChI=1S/C29H21N2O/c1-16-10-12-21-22-13-11-17(2)30-29(22)32-28(21)26(16)25-14-23-19-8-4-6-18-7-5-9-20(27(18)19)24(23)15-31(25)3/h4-15H,1-3H3/q+1. The van der Waals surface area contributed by atoms with Gasteiger partial charge >= 0.3 is 0 Å². The first-order chi connectivity index (χ1) is 15.6. The van der Waals surface area contributed by atoms with E-state index >= 15 is 0 Å². The second-order valence-corrected chi connectivity index (χ2v) is 8.85. The van der Waals surface area contributed by atoms with Gasteiger partial charge in [0.2, 0.25) is 11.4 Å². The van der Waals surface area contributed by atoms with Crippen LogP contribution < -0.4 is 4.57 Å². The van der Waals surface area contributed by atoms with Gasteiger partial charge in [-0.15, -0.1) is 0 Å². The van der Waals surface area contributed by atoms with E-state index in [2.05, 4.69) is 90.4 Å². The third kappa shape index (κ3) is 2.20. The van der Waals surface area contributed by atoms with Crippen molar-refractivity contribution >= 4 is 32.8 Å². The van der Waals surface area contributed by atoms with Gasteiger partial charge in [0.1, 0.15) is 7.05 Å². The number of hydrogen-bond acceptors (Lipinski definition) is 2. The number of nitrogens with zero attached hydrogens (tertiary/aromatic N) is 2. The fourth-order valence-electron chi connectivity index (χ4n) is 5.35. The molecular formula is C29H21N2O+. The van der Waals surface area contributed by atoms with Crippen molar-refractivity contribution in [3.8, 4) is 33.5 Å². The Kier molecular flexibility index (Phi) is 3.34. The van der Waals surface area contributed by atoms with Crippen LogP contribution in [0.15, 0.2) is 77.3 Å². The van der Waals surface area contributed by atoms with E-state index in [1.807, 2.05) is 13.0 Å². The molecule has 0 fully saturated rings. The molecule has 0 radical (unpaired) electrons. The van der Waals surface area contributed by atoms with Crippen molar-refractivity contribution in [2.45, 2.75) is 13.8 Å². The summed E-state index contributed by atoms with van der Waals surface area (Å²) in [5.41, 5.74) is 11.2. The summed E-state index contributed by atoms with van der Waals surface area (Å²) in [6, 6.07) is 24.0. The van der Waals surface area contributed by atoms with Crippen LogP contribution in [0, 0.1) is 13.8 Å². The number of hydrogen-bond donors (Lipinski definition) is 0. The normalized spacial score (nSPS) is 12.2. The average Bonchev–Trinajstić information content (AvgIpc) is 3.30. The maximum Gasteiger partial charge on any atom is 0.227 e. The summed E-state index contributed by atoms with van der Waals surface area (Å²) >= 11 is 0. The first-order valence-corrected chi connectivity index (χ1v) is 11.0. The van der Waals surface area contributed by atoms with Crippen LogP contribution in [-0.4, -0.2) is 4.98 Å². The Morgan fingerprint density at radius 1 is 0.781 bits per heavy atom. The van der Waals surface area contributed by atoms with E-state index in [4.69, 9.17) is 4.42 Å². The maximum atomic E-state index is 6.37. The molecule has 0 N–H and O–H groups in total. The van der Waals surface area contributed by atoms with Gasteiger partial charge in [0.25, 0.3) is 0 Å². The molecule has 1 aliphatic carbocycles. The zero-order chi connectivity index (χ0) is 21.6. The summed E-state index contributed by atoms with van der Waals surface area (Å²) in [6.45, 7) is 4.15. The topological polar surface area (TPSA) is 29.9 Å². The molecule has 3 aromatic heterocycles. The number of benzene rings is 3. The minimum atomic E-state index is 0.702. The van der Waals surface area contributed by atoms with Gasteiger partial charge in [-0.25, -0.2) is 9.55 Å². The van der Waals surface area contributed by atoms with Crippen LogP contribution in [0.5, 0.6) is 0 Å². The predicted octanol–water partition coefficient (Wildman–Crippen LogP) is 6.89. The zero-order valence-corrected chi connectivity index (χ0v) is 18.2. The van der Waals surface area contributed by atoms with E-state index in [9.17, 15) is 0 Å². The number of aromatic nitrogens is 2. The summed E-state index contributed by atoms with van der Waals surface area (Å²) in [6.07, 6.45) is 2.27. The highest BCUT2D eigenvalue weighted by Gasteiger charge is 2.28. The lowest BCUT2D eigenvalue weighted by molar-refractivity contribution is -0.659. The van der Waals surface area contributed by atoms with Crippen LogP contribution in [-0.2, 0) is 7.05 Å². The molecule has 0 atom stereocenters. The van der Waals surface area contributed by atoms with Gasteiger partial charge < -0.3 is 4.42 Å². The average molecular weight is 414 g/mol. The summed E-state index contributed by atoms with van der Waals surface area (Å²) < 4.78 is 8.60. The van der Waals surface area contributed by atoms with Gasteiger partial charge in [-0.1, -0.05) is 48.5 Å². The van der Waals surface area contributed by atoms with E-state index in [0.29, 0.717) is 5.71 Å². The lowest BCUT2D eigenvalue weighted by Crippen LogP contribution is -2.31. The van der Waals surface area contributed by atoms with Crippen LogP contribution >= 0.6 is 0 Å². The highest BCUT2D eigenvalue weighted by Crippen LogP contribution is 2.48. The van der Waals surface area contributed by atoms with E-state index < -0.39 is 0 Å². The van der Waals surface area contributed by atoms with Crippen molar-refractivity contribution in [1.82, 2.24) is 4.98 Å². The number of pyridine rings is 2. The van der Waals surface area contributed by atoms with Crippen LogP contribution in [0.2, 0.25) is 0 Å². The maximum absolute atomic E-state index is 6.37. The van der Waals surface area contributed by atoms with Gasteiger partial charge in [0.05, 0.1) is 11.1 Å². The molecule has 0 unspecified atom stereocenters. The number of rotatable bonds is 1. The van der Waals surface area contributed by atoms with Crippen LogP contribution in [0.25, 0.3) is 66.4 Å². The highest BCUT2D eigenvalue weighted by molar-refractivity contribution is 6.15. The predicted molar refractivity (Wildman–Crippen MR) is 130 cm³/mol. The highest BCUT2D eigenvalue weighted by atomic mass is 16.3. The molecular weight excluding hydrogens is 392 g/mol. The first kappa shape index (κ1) is 17.7. The van der Waals surface area contributed by atoms with E-state index in [1.54, 1.807) is 0 Å². The number of furan rings is 1. The summed E-state index contributed by atoms with van der Waals surface area (Å²) in [5.74, 6) is 0. The monoisotopic (exact) mass is 413 g/mol. The smallest absolute Gasteiger partial charge is 0.227 e. The minimum absolute atomic E-state index is 0.702. The fraction of sp³-hybridized carbons (Fsp3) is 0.103. The second kappa shape index (κ2) is 6.04. The molecule has 32 heavy (non-hydrogen) atoms. The first-order valence-electron chi connectivity index (χ1n) is 11.0. The Morgan fingerprint density at radius 2 is 1.53 bits per heavy atom. The molecule has 0 saturated carbocycles. The van der Waals surface area contributed by atoms with E-state index in [-0.39, 0.29) is 0 Å². The molecule has 3 aromatic carbocycles. The Labute approximate surface area is 185 Å². The lowest BCUT2D eigenvalue weighted by atomic mass is 9.97. The van der Waals surface area contributed by atoms with Crippen LogP contribution in [0.4, 0.5) is 0 Å². The molecule has 3 heterocycles. The molecule has 0 aliphatic heterocycles. The third-order valence-electron chi connectivity index (χ3n) is 6.87. The van der Waals surface area contributed by atoms with Gasteiger partial charge in [0.15, 0.2) is 11.8 Å². The Hall–Kier alpha value is -3.98. The second-order valence-electron chi connectivity index (χ2n) is 8.85. The summed E-state index contributed by atoms with van der Waals surface area (Å²) in [7, 11) is 2.13. The minimum Gasteiger partial charge on any atom is -0.437 e. The quantitative estimate of drug-likeness (QED) is 0.274. The van der Waals surface area contributed by atoms with E-state index in [0.717, 1.165) is 33.3 Å². The van der Waals surface area contributed by atoms with Crippen molar-refractivity contribution in [2.24, 2.45) is 7.05 Å². The summed E-state index contributed by atoms with van der Waals surface area (Å²) in [4.78, 5) is 4.64. The molecule has 0 spiro atoms. The van der Waals surface area contributed by atoms with Crippen LogP contribution in [0.3, 0.4) is 0 Å². The molecule has 0 amide bonds. The lowest BCUT2D eigenvalue weighted by Gasteiger charge is -2.08. The Morgan fingerprint density at radius 3 is 2.34 bits per heavy atom. The van der Waals surface area contributed by atoms with Gasteiger partial charge in [0, 0.05) is 28.1 Å². The molecule has 6 aromatic rings. The molecule has 3 nitrogen and oxygen atoms in total. The van der Waals surface area contributed by atoms with Crippen molar-refractivity contribution in [3.05, 3.63) is 84.2 Å². The Bertz CT molecular complexity index is 1750. The zero-order valence-electron chi connectivity index (χ0n) is 18.2. The molecule has 152 valence electrons. The Balaban J connectivity index is 1.57. The molecule has 3 heteroatoms. The van der Waals surface area contributed by atoms with Gasteiger partial charge in [-0.05, 0) is 53.4 Å². The van der Waals surface area contributed by atoms with E-state index in [1.165, 1.54) is 38.6 Å². The van der Waals surface area contributed by atoms with Crippen molar-refractivity contribution in [1.29, 1.82) is 0 Å². The van der Waals surface area contributed by atoms with Gasteiger partial charge in [-0.3, -0.25) is 0 Å². The number of fused-ring (bicyclic) bond motifs is 6. The van der Waals surface area contributed by atoms with Crippen molar-refractivity contribution in [2.75, 3.05) is 0 Å².